The van der Waals surface area contributed by atoms with Gasteiger partial charge in [0.15, 0.2) is 0 Å². The van der Waals surface area contributed by atoms with E-state index in [1.54, 1.807) is 44.9 Å². The number of nitrogens with zero attached hydrogens (tertiary/aromatic N) is 2. The number of thioether (sulfide) groups is 1. The molecule has 0 spiro atoms. The third kappa shape index (κ3) is 4.54. The van der Waals surface area contributed by atoms with Gasteiger partial charge in [0, 0.05) is 18.9 Å². The second-order valence-electron chi connectivity index (χ2n) is 6.87. The molecule has 3 heterocycles. The summed E-state index contributed by atoms with van der Waals surface area (Å²) in [4.78, 5) is 28.4. The highest BCUT2D eigenvalue weighted by Crippen LogP contribution is 2.40. The van der Waals surface area contributed by atoms with Gasteiger partial charge in [0.05, 0.1) is 23.2 Å². The molecule has 3 aliphatic rings. The quantitative estimate of drug-likeness (QED) is 0.674. The summed E-state index contributed by atoms with van der Waals surface area (Å²) >= 11 is 5.00. The Bertz CT molecular complexity index is 701. The molecule has 2 amide bonds. The summed E-state index contributed by atoms with van der Waals surface area (Å²) in [6.45, 7) is 6.19. The minimum atomic E-state index is -0.748. The lowest BCUT2D eigenvalue weighted by Gasteiger charge is -2.36. The number of morpholine rings is 1. The Morgan fingerprint density at radius 3 is 2.92 bits per heavy atom. The molecule has 0 aromatic rings. The van der Waals surface area contributed by atoms with Crippen LogP contribution in [0.2, 0.25) is 0 Å². The summed E-state index contributed by atoms with van der Waals surface area (Å²) in [5, 5.41) is 6.84. The zero-order valence-corrected chi connectivity index (χ0v) is 17.1. The van der Waals surface area contributed by atoms with E-state index in [2.05, 4.69) is 26.6 Å². The van der Waals surface area contributed by atoms with E-state index in [9.17, 15) is 9.59 Å². The van der Waals surface area contributed by atoms with Crippen LogP contribution in [0.3, 0.4) is 0 Å². The number of carbonyl (C=O) groups excluding carboxylic acids is 2. The maximum Gasteiger partial charge on any atom is 0.411 e. The maximum absolute atomic E-state index is 12.7. The number of nitrogens with one attached hydrogen (secondary N) is 2. The number of amides is 2. The SMILES string of the molecule is CC(C)(C)OC(=O)N1CCOC[C@H]1C(=O)NC1=CN2C=C(Br)SC2=CN1. The molecule has 0 bridgehead atoms. The molecule has 0 saturated carbocycles. The van der Waals surface area contributed by atoms with Gasteiger partial charge in [-0.3, -0.25) is 9.69 Å². The Hall–Kier alpha value is -1.65. The van der Waals surface area contributed by atoms with Gasteiger partial charge in [-0.15, -0.1) is 0 Å². The lowest BCUT2D eigenvalue weighted by Crippen LogP contribution is -2.57. The van der Waals surface area contributed by atoms with Crippen LogP contribution in [-0.2, 0) is 14.3 Å². The topological polar surface area (TPSA) is 83.1 Å². The van der Waals surface area contributed by atoms with E-state index in [1.807, 2.05) is 11.1 Å². The van der Waals surface area contributed by atoms with Crippen molar-refractivity contribution in [2.24, 2.45) is 0 Å². The Balaban J connectivity index is 1.66. The van der Waals surface area contributed by atoms with Gasteiger partial charge in [0.1, 0.15) is 22.5 Å². The molecule has 2 N–H and O–H groups in total. The third-order valence-electron chi connectivity index (χ3n) is 3.63. The average Bonchev–Trinajstić information content (AvgIpc) is 2.92. The van der Waals surface area contributed by atoms with Crippen LogP contribution >= 0.6 is 27.7 Å². The fourth-order valence-electron chi connectivity index (χ4n) is 2.52. The molecule has 3 rings (SSSR count). The lowest BCUT2D eigenvalue weighted by molar-refractivity contribution is -0.131. The van der Waals surface area contributed by atoms with Gasteiger partial charge in [-0.1, -0.05) is 11.8 Å². The van der Waals surface area contributed by atoms with Crippen molar-refractivity contribution in [1.29, 1.82) is 0 Å². The third-order valence-corrected chi connectivity index (χ3v) is 5.16. The monoisotopic (exact) mass is 444 g/mol. The van der Waals surface area contributed by atoms with Crippen molar-refractivity contribution in [2.75, 3.05) is 19.8 Å². The molecule has 8 nitrogen and oxygen atoms in total. The number of hydrogen-bond acceptors (Lipinski definition) is 7. The van der Waals surface area contributed by atoms with E-state index in [0.717, 1.165) is 8.84 Å². The van der Waals surface area contributed by atoms with Crippen molar-refractivity contribution < 1.29 is 19.1 Å². The number of ether oxygens (including phenoxy) is 2. The Kier molecular flexibility index (Phi) is 5.54. The minimum Gasteiger partial charge on any atom is -0.444 e. The van der Waals surface area contributed by atoms with Gasteiger partial charge in [-0.2, -0.15) is 0 Å². The minimum absolute atomic E-state index is 0.129. The van der Waals surface area contributed by atoms with Crippen LogP contribution in [0.5, 0.6) is 0 Å². The number of fused-ring (bicyclic) bond motifs is 1. The number of rotatable bonds is 2. The zero-order valence-electron chi connectivity index (χ0n) is 14.7. The van der Waals surface area contributed by atoms with Gasteiger partial charge in [-0.25, -0.2) is 4.79 Å². The van der Waals surface area contributed by atoms with Crippen LogP contribution in [0.1, 0.15) is 20.8 Å². The number of hydrogen-bond donors (Lipinski definition) is 2. The van der Waals surface area contributed by atoms with Crippen molar-refractivity contribution in [1.82, 2.24) is 20.4 Å². The summed E-state index contributed by atoms with van der Waals surface area (Å²) < 4.78 is 11.8. The van der Waals surface area contributed by atoms with Crippen molar-refractivity contribution in [2.45, 2.75) is 32.4 Å². The van der Waals surface area contributed by atoms with Crippen molar-refractivity contribution in [3.05, 3.63) is 33.3 Å². The first-order valence-electron chi connectivity index (χ1n) is 8.13. The van der Waals surface area contributed by atoms with Gasteiger partial charge in [-0.05, 0) is 36.7 Å². The van der Waals surface area contributed by atoms with Gasteiger partial charge >= 0.3 is 6.09 Å². The molecule has 0 unspecified atom stereocenters. The molecule has 26 heavy (non-hydrogen) atoms. The van der Waals surface area contributed by atoms with E-state index in [0.29, 0.717) is 19.0 Å². The van der Waals surface area contributed by atoms with Crippen LogP contribution in [0, 0.1) is 0 Å². The average molecular weight is 445 g/mol. The molecule has 10 heteroatoms. The highest BCUT2D eigenvalue weighted by Gasteiger charge is 2.36. The van der Waals surface area contributed by atoms with E-state index in [-0.39, 0.29) is 12.5 Å². The van der Waals surface area contributed by atoms with Gasteiger partial charge in [0.25, 0.3) is 5.91 Å². The standard InChI is InChI=1S/C16H21BrN4O4S/c1-16(2,3)25-15(23)21-4-5-24-9-10(21)14(22)19-12-8-20-7-11(17)26-13(20)6-18-12/h6-8,10,18H,4-5,9H2,1-3H3,(H,19,22)/t10-/m0/s1. The predicted molar refractivity (Wildman–Crippen MR) is 101 cm³/mol. The Morgan fingerprint density at radius 2 is 2.19 bits per heavy atom. The van der Waals surface area contributed by atoms with Crippen molar-refractivity contribution in [3.63, 3.8) is 0 Å². The second-order valence-corrected chi connectivity index (χ2v) is 9.31. The first kappa shape index (κ1) is 19.1. The molecule has 0 radical (unpaired) electrons. The zero-order chi connectivity index (χ0) is 18.9. The molecule has 0 aromatic heterocycles. The number of carbonyl (C=O) groups is 2. The molecule has 0 aromatic carbocycles. The highest BCUT2D eigenvalue weighted by atomic mass is 79.9. The second kappa shape index (κ2) is 7.53. The Labute approximate surface area is 164 Å². The molecule has 0 aliphatic carbocycles. The largest absolute Gasteiger partial charge is 0.444 e. The Morgan fingerprint density at radius 1 is 1.42 bits per heavy atom. The fourth-order valence-corrected chi connectivity index (χ4v) is 3.93. The lowest BCUT2D eigenvalue weighted by atomic mass is 10.2. The molecule has 3 aliphatic heterocycles. The van der Waals surface area contributed by atoms with Crippen LogP contribution in [0.4, 0.5) is 4.79 Å². The van der Waals surface area contributed by atoms with Gasteiger partial charge < -0.3 is 25.0 Å². The maximum atomic E-state index is 12.7. The summed E-state index contributed by atoms with van der Waals surface area (Å²) in [6.07, 6.45) is 4.96. The van der Waals surface area contributed by atoms with E-state index in [4.69, 9.17) is 9.47 Å². The first-order chi connectivity index (χ1) is 12.2. The van der Waals surface area contributed by atoms with E-state index >= 15 is 0 Å². The van der Waals surface area contributed by atoms with Crippen LogP contribution in [0.15, 0.2) is 33.3 Å². The van der Waals surface area contributed by atoms with E-state index in [1.165, 1.54) is 4.90 Å². The molecule has 1 atom stereocenters. The molecular formula is C16H21BrN4O4S. The summed E-state index contributed by atoms with van der Waals surface area (Å²) in [5.74, 6) is 0.188. The van der Waals surface area contributed by atoms with Crippen molar-refractivity contribution >= 4 is 39.7 Å². The smallest absolute Gasteiger partial charge is 0.411 e. The predicted octanol–water partition coefficient (Wildman–Crippen LogP) is 2.18. The summed E-state index contributed by atoms with van der Waals surface area (Å²) in [7, 11) is 0. The van der Waals surface area contributed by atoms with Crippen molar-refractivity contribution in [3.8, 4) is 0 Å². The molecular weight excluding hydrogens is 424 g/mol. The summed E-state index contributed by atoms with van der Waals surface area (Å²) in [6, 6.07) is -0.748. The first-order valence-corrected chi connectivity index (χ1v) is 9.74. The molecule has 142 valence electrons. The normalized spacial score (nSPS) is 22.6. The van der Waals surface area contributed by atoms with E-state index < -0.39 is 17.7 Å². The highest BCUT2D eigenvalue weighted by molar-refractivity contribution is 9.14. The fraction of sp³-hybridized carbons (Fsp3) is 0.500. The molecule has 1 fully saturated rings. The van der Waals surface area contributed by atoms with Crippen LogP contribution in [-0.4, -0.2) is 53.2 Å². The summed E-state index contributed by atoms with van der Waals surface area (Å²) in [5.41, 5.74) is -0.627. The van der Waals surface area contributed by atoms with Crippen LogP contribution in [0.25, 0.3) is 0 Å². The number of halogens is 1. The van der Waals surface area contributed by atoms with Crippen LogP contribution < -0.4 is 10.6 Å². The van der Waals surface area contributed by atoms with Gasteiger partial charge in [0.2, 0.25) is 0 Å². The molecule has 1 saturated heterocycles.